The lowest BCUT2D eigenvalue weighted by atomic mass is 10.2. The Morgan fingerprint density at radius 2 is 2.11 bits per heavy atom. The molecule has 6 nitrogen and oxygen atoms in total. The smallest absolute Gasteiger partial charge is 0.305 e. The monoisotopic (exact) mass is 263 g/mol. The number of aromatic nitrogens is 1. The number of nitrogens with two attached hydrogens (primary N) is 1. The molecule has 1 heterocycles. The molecular weight excluding hydrogens is 253 g/mol. The van der Waals surface area contributed by atoms with E-state index in [1.807, 2.05) is 0 Å². The number of benzene rings is 1. The van der Waals surface area contributed by atoms with Gasteiger partial charge in [-0.1, -0.05) is 0 Å². The zero-order chi connectivity index (χ0) is 13.8. The van der Waals surface area contributed by atoms with Gasteiger partial charge in [0.15, 0.2) is 0 Å². The van der Waals surface area contributed by atoms with Crippen LogP contribution in [0.2, 0.25) is 0 Å². The summed E-state index contributed by atoms with van der Waals surface area (Å²) in [7, 11) is 0. The van der Waals surface area contributed by atoms with Crippen molar-refractivity contribution in [3.63, 3.8) is 0 Å². The molecule has 0 saturated carbocycles. The number of nitro groups is 1. The predicted molar refractivity (Wildman–Crippen MR) is 65.3 cm³/mol. The first kappa shape index (κ1) is 12.9. The molecule has 1 aromatic carbocycles. The Bertz CT molecular complexity index is 619. The highest BCUT2D eigenvalue weighted by atomic mass is 19.1. The molecule has 0 bridgehead atoms. The van der Waals surface area contributed by atoms with E-state index in [0.717, 1.165) is 17.7 Å². The van der Waals surface area contributed by atoms with Gasteiger partial charge in [-0.05, 0) is 17.7 Å². The second-order valence-electron chi connectivity index (χ2n) is 3.71. The quantitative estimate of drug-likeness (QED) is 0.675. The van der Waals surface area contributed by atoms with Crippen LogP contribution in [0.25, 0.3) is 0 Å². The van der Waals surface area contributed by atoms with Crippen LogP contribution in [0.4, 0.5) is 10.1 Å². The number of nitrogens with zero attached hydrogens (tertiary/aromatic N) is 2. The summed E-state index contributed by atoms with van der Waals surface area (Å²) in [6, 6.07) is 4.97. The van der Waals surface area contributed by atoms with Crippen LogP contribution >= 0.6 is 0 Å². The molecule has 0 atom stereocenters. The normalized spacial score (nSPS) is 10.2. The summed E-state index contributed by atoms with van der Waals surface area (Å²) in [5, 5.41) is 10.5. The lowest BCUT2D eigenvalue weighted by Gasteiger charge is -2.06. The van der Waals surface area contributed by atoms with Crippen LogP contribution in [0.15, 0.2) is 36.7 Å². The van der Waals surface area contributed by atoms with Crippen molar-refractivity contribution in [1.82, 2.24) is 4.98 Å². The minimum atomic E-state index is -0.953. The van der Waals surface area contributed by atoms with Gasteiger partial charge in [0.2, 0.25) is 5.82 Å². The standard InChI is InChI=1S/C12H10FN3O3/c13-11-4-9(1-2-12(11)16(17)18)19-10-3-8(5-14)6-15-7-10/h1-4,6-7H,5,14H2. The van der Waals surface area contributed by atoms with Crippen molar-refractivity contribution in [1.29, 1.82) is 0 Å². The highest BCUT2D eigenvalue weighted by Crippen LogP contribution is 2.26. The van der Waals surface area contributed by atoms with E-state index >= 15 is 0 Å². The molecule has 0 radical (unpaired) electrons. The van der Waals surface area contributed by atoms with Gasteiger partial charge in [-0.25, -0.2) is 0 Å². The summed E-state index contributed by atoms with van der Waals surface area (Å²) in [4.78, 5) is 13.6. The Labute approximate surface area is 107 Å². The van der Waals surface area contributed by atoms with Crippen molar-refractivity contribution in [2.45, 2.75) is 6.54 Å². The maximum Gasteiger partial charge on any atom is 0.305 e. The van der Waals surface area contributed by atoms with Crippen LogP contribution in [0.5, 0.6) is 11.5 Å². The van der Waals surface area contributed by atoms with Crippen molar-refractivity contribution < 1.29 is 14.1 Å². The van der Waals surface area contributed by atoms with Gasteiger partial charge in [0.05, 0.1) is 11.1 Å². The summed E-state index contributed by atoms with van der Waals surface area (Å²) in [5.41, 5.74) is 5.63. The summed E-state index contributed by atoms with van der Waals surface area (Å²) < 4.78 is 18.7. The largest absolute Gasteiger partial charge is 0.456 e. The number of ether oxygens (including phenoxy) is 1. The molecule has 98 valence electrons. The van der Waals surface area contributed by atoms with Crippen molar-refractivity contribution in [2.24, 2.45) is 5.73 Å². The molecule has 0 aliphatic rings. The number of rotatable bonds is 4. The van der Waals surface area contributed by atoms with Gasteiger partial charge < -0.3 is 10.5 Å². The van der Waals surface area contributed by atoms with Crippen molar-refractivity contribution >= 4 is 5.69 Å². The SMILES string of the molecule is NCc1cncc(Oc2ccc([N+](=O)[O-])c(F)c2)c1. The van der Waals surface area contributed by atoms with Crippen molar-refractivity contribution in [3.8, 4) is 11.5 Å². The van der Waals surface area contributed by atoms with E-state index in [9.17, 15) is 14.5 Å². The van der Waals surface area contributed by atoms with E-state index in [1.165, 1.54) is 12.3 Å². The molecule has 0 fully saturated rings. The molecule has 19 heavy (non-hydrogen) atoms. The Balaban J connectivity index is 2.23. The first-order chi connectivity index (χ1) is 9.10. The fourth-order valence-corrected chi connectivity index (χ4v) is 1.47. The van der Waals surface area contributed by atoms with E-state index in [4.69, 9.17) is 10.5 Å². The number of halogens is 1. The molecule has 0 aliphatic heterocycles. The van der Waals surface area contributed by atoms with Crippen LogP contribution in [0, 0.1) is 15.9 Å². The lowest BCUT2D eigenvalue weighted by molar-refractivity contribution is -0.387. The van der Waals surface area contributed by atoms with E-state index in [1.54, 1.807) is 12.3 Å². The van der Waals surface area contributed by atoms with Crippen molar-refractivity contribution in [2.75, 3.05) is 0 Å². The summed E-state index contributed by atoms with van der Waals surface area (Å²) in [6.45, 7) is 0.304. The number of hydrogen-bond acceptors (Lipinski definition) is 5. The lowest BCUT2D eigenvalue weighted by Crippen LogP contribution is -1.97. The molecule has 0 aliphatic carbocycles. The van der Waals surface area contributed by atoms with Gasteiger partial charge in [-0.2, -0.15) is 4.39 Å². The zero-order valence-electron chi connectivity index (χ0n) is 9.75. The molecule has 1 aromatic heterocycles. The molecule has 0 amide bonds. The molecule has 0 saturated heterocycles. The number of nitro benzene ring substituents is 1. The van der Waals surface area contributed by atoms with Gasteiger partial charge >= 0.3 is 5.69 Å². The zero-order valence-corrected chi connectivity index (χ0v) is 9.75. The van der Waals surface area contributed by atoms with E-state index in [0.29, 0.717) is 12.3 Å². The Morgan fingerprint density at radius 1 is 1.32 bits per heavy atom. The third-order valence-corrected chi connectivity index (χ3v) is 2.36. The van der Waals surface area contributed by atoms with Crippen LogP contribution in [0.3, 0.4) is 0 Å². The van der Waals surface area contributed by atoms with E-state index in [2.05, 4.69) is 4.98 Å². The molecule has 2 N–H and O–H groups in total. The average Bonchev–Trinajstić information content (AvgIpc) is 2.38. The minimum Gasteiger partial charge on any atom is -0.456 e. The Morgan fingerprint density at radius 3 is 2.74 bits per heavy atom. The molecule has 0 unspecified atom stereocenters. The predicted octanol–water partition coefficient (Wildman–Crippen LogP) is 2.38. The second-order valence-corrected chi connectivity index (χ2v) is 3.71. The maximum atomic E-state index is 13.4. The van der Waals surface area contributed by atoms with Crippen LogP contribution in [-0.2, 0) is 6.54 Å². The first-order valence-corrected chi connectivity index (χ1v) is 5.36. The van der Waals surface area contributed by atoms with Crippen molar-refractivity contribution in [3.05, 3.63) is 58.2 Å². The topological polar surface area (TPSA) is 91.3 Å². The Kier molecular flexibility index (Phi) is 3.67. The fourth-order valence-electron chi connectivity index (χ4n) is 1.47. The minimum absolute atomic E-state index is 0.152. The highest BCUT2D eigenvalue weighted by Gasteiger charge is 2.14. The van der Waals surface area contributed by atoms with E-state index in [-0.39, 0.29) is 5.75 Å². The second kappa shape index (κ2) is 5.40. The fraction of sp³-hybridized carbons (Fsp3) is 0.0833. The third-order valence-electron chi connectivity index (χ3n) is 2.36. The van der Waals surface area contributed by atoms with Gasteiger partial charge in [0.1, 0.15) is 11.5 Å². The van der Waals surface area contributed by atoms with Gasteiger partial charge in [0, 0.05) is 24.9 Å². The molecule has 7 heteroatoms. The highest BCUT2D eigenvalue weighted by molar-refractivity contribution is 5.40. The molecule has 2 rings (SSSR count). The van der Waals surface area contributed by atoms with Gasteiger partial charge in [-0.15, -0.1) is 0 Å². The molecule has 0 spiro atoms. The number of hydrogen-bond donors (Lipinski definition) is 1. The third kappa shape index (κ3) is 3.02. The first-order valence-electron chi connectivity index (χ1n) is 5.36. The molecular formula is C12H10FN3O3. The average molecular weight is 263 g/mol. The number of pyridine rings is 1. The summed E-state index contributed by atoms with van der Waals surface area (Å²) in [5.74, 6) is -0.416. The van der Waals surface area contributed by atoms with E-state index < -0.39 is 16.4 Å². The maximum absolute atomic E-state index is 13.4. The van der Waals surface area contributed by atoms with Gasteiger partial charge in [0.25, 0.3) is 0 Å². The van der Waals surface area contributed by atoms with Crippen LogP contribution in [0.1, 0.15) is 5.56 Å². The summed E-state index contributed by atoms with van der Waals surface area (Å²) in [6.07, 6.45) is 3.03. The van der Waals surface area contributed by atoms with Crippen LogP contribution < -0.4 is 10.5 Å². The van der Waals surface area contributed by atoms with Gasteiger partial charge in [-0.3, -0.25) is 15.1 Å². The van der Waals surface area contributed by atoms with Crippen LogP contribution in [-0.4, -0.2) is 9.91 Å². The summed E-state index contributed by atoms with van der Waals surface area (Å²) >= 11 is 0. The molecule has 2 aromatic rings. The Hall–Kier alpha value is -2.54.